The number of hydrogen-bond acceptors (Lipinski definition) is 2. The monoisotopic (exact) mass is 178 g/mol. The Labute approximate surface area is 77.8 Å². The summed E-state index contributed by atoms with van der Waals surface area (Å²) in [7, 11) is 0. The van der Waals surface area contributed by atoms with Crippen LogP contribution in [0, 0.1) is 5.92 Å². The van der Waals surface area contributed by atoms with Crippen LogP contribution >= 0.6 is 0 Å². The second kappa shape index (κ2) is 3.13. The molecule has 0 aliphatic heterocycles. The third-order valence-electron chi connectivity index (χ3n) is 2.82. The first kappa shape index (κ1) is 8.73. The minimum Gasteiger partial charge on any atom is -0.396 e. The molecule has 1 saturated carbocycles. The molecule has 2 unspecified atom stereocenters. The van der Waals surface area contributed by atoms with Crippen LogP contribution in [0.25, 0.3) is 0 Å². The highest BCUT2D eigenvalue weighted by molar-refractivity contribution is 5.29. The van der Waals surface area contributed by atoms with Gasteiger partial charge in [-0.3, -0.25) is 0 Å². The number of rotatable bonds is 3. The molecule has 2 heteroatoms. The predicted octanol–water partition coefficient (Wildman–Crippen LogP) is 1.28. The summed E-state index contributed by atoms with van der Waals surface area (Å²) in [4.78, 5) is 0. The molecule has 0 radical (unpaired) electrons. The Balaban J connectivity index is 2.11. The summed E-state index contributed by atoms with van der Waals surface area (Å²) in [6.45, 7) is 0.166. The van der Waals surface area contributed by atoms with E-state index in [4.69, 9.17) is 5.11 Å². The van der Waals surface area contributed by atoms with Gasteiger partial charge in [-0.25, -0.2) is 0 Å². The standard InChI is InChI=1S/C11H14O2/c12-7-6-10-8-11(10,13)9-4-2-1-3-5-9/h1-5,10,12-13H,6-8H2. The molecule has 2 atom stereocenters. The average molecular weight is 178 g/mol. The van der Waals surface area contributed by atoms with E-state index < -0.39 is 5.60 Å². The van der Waals surface area contributed by atoms with E-state index in [0.717, 1.165) is 12.0 Å². The first-order valence-corrected chi connectivity index (χ1v) is 4.66. The highest BCUT2D eigenvalue weighted by atomic mass is 16.3. The molecule has 0 aromatic heterocycles. The summed E-state index contributed by atoms with van der Waals surface area (Å²) in [5.41, 5.74) is 0.331. The van der Waals surface area contributed by atoms with E-state index in [-0.39, 0.29) is 12.5 Å². The van der Waals surface area contributed by atoms with Crippen LogP contribution in [0.1, 0.15) is 18.4 Å². The fraction of sp³-hybridized carbons (Fsp3) is 0.455. The summed E-state index contributed by atoms with van der Waals surface area (Å²) in [6, 6.07) is 9.69. The van der Waals surface area contributed by atoms with E-state index in [2.05, 4.69) is 0 Å². The van der Waals surface area contributed by atoms with Gasteiger partial charge in [0, 0.05) is 6.61 Å². The minimum atomic E-state index is -0.649. The molecular weight excluding hydrogens is 164 g/mol. The lowest BCUT2D eigenvalue weighted by molar-refractivity contribution is 0.122. The normalized spacial score (nSPS) is 31.7. The van der Waals surface area contributed by atoms with Crippen molar-refractivity contribution in [3.63, 3.8) is 0 Å². The maximum absolute atomic E-state index is 10.1. The second-order valence-electron chi connectivity index (χ2n) is 3.70. The highest BCUT2D eigenvalue weighted by Gasteiger charge is 2.53. The number of aliphatic hydroxyl groups is 2. The summed E-state index contributed by atoms with van der Waals surface area (Å²) in [6.07, 6.45) is 1.49. The molecule has 0 saturated heterocycles. The van der Waals surface area contributed by atoms with Crippen molar-refractivity contribution in [2.24, 2.45) is 5.92 Å². The van der Waals surface area contributed by atoms with Crippen molar-refractivity contribution in [1.29, 1.82) is 0 Å². The Morgan fingerprint density at radius 3 is 2.62 bits per heavy atom. The number of aliphatic hydroxyl groups excluding tert-OH is 1. The third-order valence-corrected chi connectivity index (χ3v) is 2.82. The van der Waals surface area contributed by atoms with E-state index in [0.29, 0.717) is 6.42 Å². The molecule has 0 bridgehead atoms. The molecule has 0 spiro atoms. The Hall–Kier alpha value is -0.860. The lowest BCUT2D eigenvalue weighted by atomic mass is 10.0. The number of hydrogen-bond donors (Lipinski definition) is 2. The molecule has 0 amide bonds. The maximum atomic E-state index is 10.1. The van der Waals surface area contributed by atoms with Crippen LogP contribution in [-0.4, -0.2) is 16.8 Å². The first-order valence-electron chi connectivity index (χ1n) is 4.66. The number of benzene rings is 1. The van der Waals surface area contributed by atoms with Crippen LogP contribution in [-0.2, 0) is 5.60 Å². The Kier molecular flexibility index (Phi) is 2.10. The Morgan fingerprint density at radius 1 is 1.31 bits per heavy atom. The van der Waals surface area contributed by atoms with Crippen LogP contribution in [0.15, 0.2) is 30.3 Å². The molecule has 13 heavy (non-hydrogen) atoms. The molecule has 1 aliphatic rings. The van der Waals surface area contributed by atoms with Gasteiger partial charge in [0.1, 0.15) is 0 Å². The summed E-state index contributed by atoms with van der Waals surface area (Å²) in [5.74, 6) is 0.250. The smallest absolute Gasteiger partial charge is 0.0930 e. The van der Waals surface area contributed by atoms with Crippen LogP contribution in [0.5, 0.6) is 0 Å². The molecule has 70 valence electrons. The van der Waals surface area contributed by atoms with Gasteiger partial charge in [0.25, 0.3) is 0 Å². The lowest BCUT2D eigenvalue weighted by Crippen LogP contribution is -2.09. The molecule has 0 heterocycles. The van der Waals surface area contributed by atoms with E-state index in [1.165, 1.54) is 0 Å². The van der Waals surface area contributed by atoms with Gasteiger partial charge >= 0.3 is 0 Å². The Morgan fingerprint density at radius 2 is 2.00 bits per heavy atom. The topological polar surface area (TPSA) is 40.5 Å². The molecule has 2 N–H and O–H groups in total. The molecule has 1 aromatic carbocycles. The minimum absolute atomic E-state index is 0.166. The van der Waals surface area contributed by atoms with E-state index >= 15 is 0 Å². The SMILES string of the molecule is OCCC1CC1(O)c1ccccc1. The molecule has 1 aliphatic carbocycles. The van der Waals surface area contributed by atoms with Gasteiger partial charge in [-0.05, 0) is 24.3 Å². The van der Waals surface area contributed by atoms with Crippen molar-refractivity contribution < 1.29 is 10.2 Å². The van der Waals surface area contributed by atoms with Crippen molar-refractivity contribution in [2.45, 2.75) is 18.4 Å². The van der Waals surface area contributed by atoms with Gasteiger partial charge in [-0.15, -0.1) is 0 Å². The zero-order chi connectivity index (χ0) is 9.31. The van der Waals surface area contributed by atoms with E-state index in [9.17, 15) is 5.11 Å². The lowest BCUT2D eigenvalue weighted by Gasteiger charge is -2.09. The third kappa shape index (κ3) is 1.47. The van der Waals surface area contributed by atoms with E-state index in [1.807, 2.05) is 30.3 Å². The fourth-order valence-electron chi connectivity index (χ4n) is 1.89. The van der Waals surface area contributed by atoms with Gasteiger partial charge < -0.3 is 10.2 Å². The zero-order valence-electron chi connectivity index (χ0n) is 7.48. The highest BCUT2D eigenvalue weighted by Crippen LogP contribution is 2.53. The molecule has 1 fully saturated rings. The molecule has 1 aromatic rings. The van der Waals surface area contributed by atoms with Crippen LogP contribution < -0.4 is 0 Å². The molecule has 2 rings (SSSR count). The van der Waals surface area contributed by atoms with Crippen molar-refractivity contribution >= 4 is 0 Å². The zero-order valence-corrected chi connectivity index (χ0v) is 7.48. The van der Waals surface area contributed by atoms with Crippen molar-refractivity contribution in [1.82, 2.24) is 0 Å². The summed E-state index contributed by atoms with van der Waals surface area (Å²) >= 11 is 0. The van der Waals surface area contributed by atoms with Gasteiger partial charge in [-0.2, -0.15) is 0 Å². The van der Waals surface area contributed by atoms with Gasteiger partial charge in [0.2, 0.25) is 0 Å². The van der Waals surface area contributed by atoms with E-state index in [1.54, 1.807) is 0 Å². The van der Waals surface area contributed by atoms with Gasteiger partial charge in [0.05, 0.1) is 5.60 Å². The maximum Gasteiger partial charge on any atom is 0.0930 e. The van der Waals surface area contributed by atoms with Gasteiger partial charge in [-0.1, -0.05) is 30.3 Å². The van der Waals surface area contributed by atoms with Crippen LogP contribution in [0.4, 0.5) is 0 Å². The Bertz CT molecular complexity index is 283. The average Bonchev–Trinajstić information content (AvgIpc) is 2.81. The van der Waals surface area contributed by atoms with Crippen LogP contribution in [0.3, 0.4) is 0 Å². The first-order chi connectivity index (χ1) is 6.27. The van der Waals surface area contributed by atoms with Crippen molar-refractivity contribution in [3.8, 4) is 0 Å². The van der Waals surface area contributed by atoms with Gasteiger partial charge in [0.15, 0.2) is 0 Å². The summed E-state index contributed by atoms with van der Waals surface area (Å²) < 4.78 is 0. The second-order valence-corrected chi connectivity index (χ2v) is 3.70. The van der Waals surface area contributed by atoms with Crippen molar-refractivity contribution in [2.75, 3.05) is 6.61 Å². The predicted molar refractivity (Wildman–Crippen MR) is 50.1 cm³/mol. The summed E-state index contributed by atoms with van der Waals surface area (Å²) in [5, 5.41) is 18.8. The quantitative estimate of drug-likeness (QED) is 0.732. The van der Waals surface area contributed by atoms with Crippen molar-refractivity contribution in [3.05, 3.63) is 35.9 Å². The molecule has 2 nitrogen and oxygen atoms in total. The van der Waals surface area contributed by atoms with Crippen LogP contribution in [0.2, 0.25) is 0 Å². The fourth-order valence-corrected chi connectivity index (χ4v) is 1.89. The molecular formula is C11H14O2. The largest absolute Gasteiger partial charge is 0.396 e.